The van der Waals surface area contributed by atoms with Gasteiger partial charge in [0.1, 0.15) is 16.9 Å². The molecule has 0 spiro atoms. The van der Waals surface area contributed by atoms with Crippen LogP contribution in [0.25, 0.3) is 44.5 Å². The first kappa shape index (κ1) is 17.0. The fourth-order valence-electron chi connectivity index (χ4n) is 3.52. The molecular weight excluding hydrogens is 360 g/mol. The molecule has 0 fully saturated rings. The minimum atomic E-state index is -0.286. The van der Waals surface area contributed by atoms with Crippen molar-refractivity contribution >= 4 is 10.9 Å². The molecule has 0 amide bonds. The molecule has 2 aromatic heterocycles. The van der Waals surface area contributed by atoms with Crippen LogP contribution in [0.2, 0.25) is 0 Å². The molecule has 138 valence electrons. The molecule has 0 atom stereocenters. The molecule has 0 aliphatic rings. The summed E-state index contributed by atoms with van der Waals surface area (Å²) in [5.74, 6) is 0. The fraction of sp³-hybridized carbons (Fsp3) is 0. The van der Waals surface area contributed by atoms with Crippen molar-refractivity contribution in [3.8, 4) is 33.6 Å². The Kier molecular flexibility index (Phi) is 4.18. The number of rotatable bonds is 3. The molecule has 5 aromatic rings. The van der Waals surface area contributed by atoms with Gasteiger partial charge in [0, 0.05) is 16.7 Å². The topological polar surface area (TPSA) is 71.5 Å². The quantitative estimate of drug-likeness (QED) is 0.495. The van der Waals surface area contributed by atoms with Crippen molar-refractivity contribution in [2.45, 2.75) is 0 Å². The average molecular weight is 376 g/mol. The molecule has 0 radical (unpaired) electrons. The van der Waals surface area contributed by atoms with Gasteiger partial charge in [0.05, 0.1) is 5.39 Å². The number of H-pyrrole nitrogens is 1. The first-order valence-corrected chi connectivity index (χ1v) is 9.28. The predicted octanol–water partition coefficient (Wildman–Crippen LogP) is 4.71. The average Bonchev–Trinajstić information content (AvgIpc) is 2.80. The van der Waals surface area contributed by atoms with Crippen LogP contribution in [-0.4, -0.2) is 20.4 Å². The Bertz CT molecular complexity index is 1350. The molecule has 0 saturated carbocycles. The van der Waals surface area contributed by atoms with E-state index in [1.165, 1.54) is 0 Å². The van der Waals surface area contributed by atoms with Gasteiger partial charge in [0.15, 0.2) is 0 Å². The van der Waals surface area contributed by atoms with Crippen LogP contribution < -0.4 is 5.56 Å². The van der Waals surface area contributed by atoms with Gasteiger partial charge >= 0.3 is 0 Å². The van der Waals surface area contributed by atoms with Gasteiger partial charge < -0.3 is 0 Å². The summed E-state index contributed by atoms with van der Waals surface area (Å²) in [6.07, 6.45) is 0. The second-order valence-corrected chi connectivity index (χ2v) is 6.65. The normalized spacial score (nSPS) is 10.9. The third-order valence-electron chi connectivity index (χ3n) is 4.85. The minimum Gasteiger partial charge on any atom is -0.267 e. The van der Waals surface area contributed by atoms with Gasteiger partial charge in [-0.2, -0.15) is 5.10 Å². The largest absolute Gasteiger partial charge is 0.274 e. The molecule has 5 heteroatoms. The Morgan fingerprint density at radius 2 is 1.10 bits per heavy atom. The Hall–Kier alpha value is -4.12. The lowest BCUT2D eigenvalue weighted by atomic mass is 9.95. The van der Waals surface area contributed by atoms with E-state index in [9.17, 15) is 4.79 Å². The van der Waals surface area contributed by atoms with Gasteiger partial charge in [-0.1, -0.05) is 91.0 Å². The first-order chi connectivity index (χ1) is 14.3. The molecule has 2 heterocycles. The summed E-state index contributed by atoms with van der Waals surface area (Å²) in [7, 11) is 0. The van der Waals surface area contributed by atoms with Crippen molar-refractivity contribution in [2.75, 3.05) is 0 Å². The summed E-state index contributed by atoms with van der Waals surface area (Å²) >= 11 is 0. The summed E-state index contributed by atoms with van der Waals surface area (Å²) < 4.78 is 0. The molecule has 5 rings (SSSR count). The fourth-order valence-corrected chi connectivity index (χ4v) is 3.52. The number of aromatic nitrogens is 4. The van der Waals surface area contributed by atoms with Crippen molar-refractivity contribution in [1.29, 1.82) is 0 Å². The third-order valence-corrected chi connectivity index (χ3v) is 4.85. The van der Waals surface area contributed by atoms with Crippen molar-refractivity contribution in [3.05, 3.63) is 101 Å². The van der Waals surface area contributed by atoms with E-state index in [0.29, 0.717) is 22.3 Å². The molecule has 0 aliphatic carbocycles. The van der Waals surface area contributed by atoms with Gasteiger partial charge in [-0.05, 0) is 5.56 Å². The number of fused-ring (bicyclic) bond motifs is 1. The molecule has 1 N–H and O–H groups in total. The van der Waals surface area contributed by atoms with Crippen LogP contribution >= 0.6 is 0 Å². The predicted molar refractivity (Wildman–Crippen MR) is 114 cm³/mol. The van der Waals surface area contributed by atoms with Crippen LogP contribution in [0.1, 0.15) is 0 Å². The molecule has 3 aromatic carbocycles. The van der Waals surface area contributed by atoms with E-state index < -0.39 is 0 Å². The molecule has 5 nitrogen and oxygen atoms in total. The maximum Gasteiger partial charge on any atom is 0.274 e. The van der Waals surface area contributed by atoms with E-state index in [4.69, 9.17) is 0 Å². The SMILES string of the molecule is O=c1[nH]nc(-c2ccccc2)c2nnc(-c3ccccc3)c(-c3ccccc3)c12. The number of hydrogen-bond acceptors (Lipinski definition) is 4. The molecule has 0 unspecified atom stereocenters. The minimum absolute atomic E-state index is 0.286. The number of nitrogens with one attached hydrogen (secondary N) is 1. The molecule has 0 bridgehead atoms. The van der Waals surface area contributed by atoms with Crippen molar-refractivity contribution in [1.82, 2.24) is 20.4 Å². The second kappa shape index (κ2) is 7.13. The van der Waals surface area contributed by atoms with Crippen LogP contribution in [-0.2, 0) is 0 Å². The van der Waals surface area contributed by atoms with Gasteiger partial charge in [0.25, 0.3) is 5.56 Å². The lowest BCUT2D eigenvalue weighted by molar-refractivity contribution is 0.993. The zero-order chi connectivity index (χ0) is 19.6. The maximum absolute atomic E-state index is 13.0. The Morgan fingerprint density at radius 1 is 0.586 bits per heavy atom. The monoisotopic (exact) mass is 376 g/mol. The smallest absolute Gasteiger partial charge is 0.267 e. The van der Waals surface area contributed by atoms with Gasteiger partial charge in [-0.3, -0.25) is 4.79 Å². The highest BCUT2D eigenvalue weighted by molar-refractivity contribution is 6.04. The number of hydrogen-bond donors (Lipinski definition) is 1. The number of aromatic amines is 1. The van der Waals surface area contributed by atoms with E-state index in [1.54, 1.807) is 0 Å². The lowest BCUT2D eigenvalue weighted by Gasteiger charge is -2.13. The summed E-state index contributed by atoms with van der Waals surface area (Å²) in [5, 5.41) is 16.4. The maximum atomic E-state index is 13.0. The molecular formula is C24H16N4O. The van der Waals surface area contributed by atoms with Crippen LogP contribution in [0.15, 0.2) is 95.8 Å². The van der Waals surface area contributed by atoms with Crippen LogP contribution in [0.5, 0.6) is 0 Å². The summed E-state index contributed by atoms with van der Waals surface area (Å²) in [6.45, 7) is 0. The van der Waals surface area contributed by atoms with E-state index in [-0.39, 0.29) is 5.56 Å². The standard InChI is InChI=1S/C24H16N4O/c29-24-20-19(16-10-4-1-5-11-16)21(17-12-6-2-7-13-17)25-27-23(20)22(26-28-24)18-14-8-3-9-15-18/h1-15H,(H,28,29). The van der Waals surface area contributed by atoms with E-state index in [1.807, 2.05) is 91.0 Å². The van der Waals surface area contributed by atoms with Gasteiger partial charge in [-0.25, -0.2) is 5.10 Å². The Morgan fingerprint density at radius 3 is 1.69 bits per heavy atom. The van der Waals surface area contributed by atoms with E-state index in [2.05, 4.69) is 20.4 Å². The Labute approximate surface area is 166 Å². The van der Waals surface area contributed by atoms with Crippen LogP contribution in [0.4, 0.5) is 0 Å². The molecule has 0 saturated heterocycles. The van der Waals surface area contributed by atoms with Gasteiger partial charge in [-0.15, -0.1) is 10.2 Å². The van der Waals surface area contributed by atoms with Crippen LogP contribution in [0.3, 0.4) is 0 Å². The summed E-state index contributed by atoms with van der Waals surface area (Å²) in [5.41, 5.74) is 4.89. The molecule has 0 aliphatic heterocycles. The van der Waals surface area contributed by atoms with Crippen molar-refractivity contribution in [2.24, 2.45) is 0 Å². The van der Waals surface area contributed by atoms with Gasteiger partial charge in [0.2, 0.25) is 0 Å². The highest BCUT2D eigenvalue weighted by Gasteiger charge is 2.20. The lowest BCUT2D eigenvalue weighted by Crippen LogP contribution is -2.13. The Balaban J connectivity index is 1.92. The number of benzene rings is 3. The second-order valence-electron chi connectivity index (χ2n) is 6.65. The highest BCUT2D eigenvalue weighted by Crippen LogP contribution is 2.35. The van der Waals surface area contributed by atoms with Crippen LogP contribution in [0, 0.1) is 0 Å². The van der Waals surface area contributed by atoms with E-state index in [0.717, 1.165) is 22.3 Å². The van der Waals surface area contributed by atoms with E-state index >= 15 is 0 Å². The van der Waals surface area contributed by atoms with Crippen molar-refractivity contribution in [3.63, 3.8) is 0 Å². The summed E-state index contributed by atoms with van der Waals surface area (Å²) in [4.78, 5) is 13.0. The highest BCUT2D eigenvalue weighted by atomic mass is 16.1. The third kappa shape index (κ3) is 2.99. The summed E-state index contributed by atoms with van der Waals surface area (Å²) in [6, 6.07) is 29.2. The first-order valence-electron chi connectivity index (χ1n) is 9.28. The van der Waals surface area contributed by atoms with Crippen molar-refractivity contribution < 1.29 is 0 Å². The zero-order valence-corrected chi connectivity index (χ0v) is 15.4. The molecule has 29 heavy (non-hydrogen) atoms. The zero-order valence-electron chi connectivity index (χ0n) is 15.4. The number of nitrogens with zero attached hydrogens (tertiary/aromatic N) is 3.